The maximum Gasteiger partial charge on any atom is 0.135 e. The van der Waals surface area contributed by atoms with Crippen molar-refractivity contribution in [2.24, 2.45) is 5.73 Å². The zero-order valence-corrected chi connectivity index (χ0v) is 12.4. The highest BCUT2D eigenvalue weighted by atomic mass is 32.1. The van der Waals surface area contributed by atoms with Gasteiger partial charge < -0.3 is 11.1 Å². The van der Waals surface area contributed by atoms with E-state index in [4.69, 9.17) is 18.0 Å². The molecule has 3 N–H and O–H groups in total. The van der Waals surface area contributed by atoms with Gasteiger partial charge in [0.25, 0.3) is 0 Å². The van der Waals surface area contributed by atoms with Crippen molar-refractivity contribution in [3.05, 3.63) is 29.6 Å². The van der Waals surface area contributed by atoms with Crippen molar-refractivity contribution in [1.29, 1.82) is 0 Å². The Bertz CT molecular complexity index is 407. The molecule has 0 aliphatic heterocycles. The first-order chi connectivity index (χ1) is 9.15. The zero-order chi connectivity index (χ0) is 14.1. The molecule has 0 aliphatic carbocycles. The molecule has 1 rings (SSSR count). The van der Waals surface area contributed by atoms with Crippen LogP contribution in [0.4, 0.5) is 10.1 Å². The van der Waals surface area contributed by atoms with Crippen molar-refractivity contribution in [2.45, 2.75) is 45.4 Å². The lowest BCUT2D eigenvalue weighted by Gasteiger charge is -2.08. The summed E-state index contributed by atoms with van der Waals surface area (Å²) in [7, 11) is 0. The van der Waals surface area contributed by atoms with E-state index >= 15 is 0 Å². The highest BCUT2D eigenvalue weighted by Crippen LogP contribution is 2.15. The molecule has 0 atom stereocenters. The number of nitrogens with one attached hydrogen (secondary N) is 1. The number of halogens is 1. The molecule has 19 heavy (non-hydrogen) atoms. The molecular formula is C15H23FN2S. The Kier molecular flexibility index (Phi) is 7.41. The molecule has 106 valence electrons. The molecule has 4 heteroatoms. The number of nitrogens with two attached hydrogens (primary N) is 1. The van der Waals surface area contributed by atoms with Crippen molar-refractivity contribution in [1.82, 2.24) is 0 Å². The number of rotatable bonds is 9. The topological polar surface area (TPSA) is 38.0 Å². The molecule has 2 nitrogen and oxygen atoms in total. The molecule has 0 aliphatic rings. The summed E-state index contributed by atoms with van der Waals surface area (Å²) in [5.41, 5.74) is 6.50. The van der Waals surface area contributed by atoms with E-state index in [0.717, 1.165) is 18.7 Å². The van der Waals surface area contributed by atoms with Gasteiger partial charge in [0.15, 0.2) is 0 Å². The summed E-state index contributed by atoms with van der Waals surface area (Å²) in [6.07, 6.45) is 7.52. The number of thiocarbonyl (C=S) groups is 1. The van der Waals surface area contributed by atoms with Gasteiger partial charge in [0, 0.05) is 17.8 Å². The summed E-state index contributed by atoms with van der Waals surface area (Å²) in [5, 5.41) is 3.22. The van der Waals surface area contributed by atoms with Gasteiger partial charge in [-0.15, -0.1) is 0 Å². The molecule has 0 aromatic heterocycles. The van der Waals surface area contributed by atoms with Crippen molar-refractivity contribution in [2.75, 3.05) is 11.9 Å². The second kappa shape index (κ2) is 8.86. The number of hydrogen-bond donors (Lipinski definition) is 2. The largest absolute Gasteiger partial charge is 0.389 e. The van der Waals surface area contributed by atoms with Crippen LogP contribution in [0.1, 0.15) is 51.0 Å². The van der Waals surface area contributed by atoms with Crippen LogP contribution in [0.5, 0.6) is 0 Å². The lowest BCUT2D eigenvalue weighted by atomic mass is 10.1. The summed E-state index contributed by atoms with van der Waals surface area (Å²) in [4.78, 5) is 0.0972. The fourth-order valence-corrected chi connectivity index (χ4v) is 2.13. The van der Waals surface area contributed by atoms with Crippen LogP contribution in [-0.4, -0.2) is 11.5 Å². The van der Waals surface area contributed by atoms with Crippen LogP contribution in [0, 0.1) is 5.82 Å². The first-order valence-electron chi connectivity index (χ1n) is 6.98. The second-order valence-electron chi connectivity index (χ2n) is 4.75. The Morgan fingerprint density at radius 3 is 2.53 bits per heavy atom. The van der Waals surface area contributed by atoms with Crippen LogP contribution in [0.3, 0.4) is 0 Å². The smallest absolute Gasteiger partial charge is 0.135 e. The van der Waals surface area contributed by atoms with Crippen LogP contribution >= 0.6 is 12.2 Å². The molecule has 0 bridgehead atoms. The third-order valence-corrected chi connectivity index (χ3v) is 3.31. The number of unbranched alkanes of at least 4 members (excludes halogenated alkanes) is 5. The summed E-state index contributed by atoms with van der Waals surface area (Å²) in [6.45, 7) is 3.09. The minimum Gasteiger partial charge on any atom is -0.389 e. The number of anilines is 1. The number of hydrogen-bond acceptors (Lipinski definition) is 2. The Balaban J connectivity index is 2.26. The normalized spacial score (nSPS) is 10.4. The van der Waals surface area contributed by atoms with Gasteiger partial charge in [-0.3, -0.25) is 0 Å². The summed E-state index contributed by atoms with van der Waals surface area (Å²) in [6, 6.07) is 4.89. The maximum absolute atomic E-state index is 13.6. The van der Waals surface area contributed by atoms with Crippen molar-refractivity contribution in [3.8, 4) is 0 Å². The zero-order valence-electron chi connectivity index (χ0n) is 11.5. The van der Waals surface area contributed by atoms with Crippen LogP contribution < -0.4 is 11.1 Å². The molecule has 0 radical (unpaired) electrons. The predicted octanol–water partition coefficient (Wildman–Crippen LogP) is 4.23. The van der Waals surface area contributed by atoms with Crippen LogP contribution in [0.2, 0.25) is 0 Å². The highest BCUT2D eigenvalue weighted by molar-refractivity contribution is 7.80. The van der Waals surface area contributed by atoms with Crippen LogP contribution in [0.25, 0.3) is 0 Å². The fraction of sp³-hybridized carbons (Fsp3) is 0.533. The first kappa shape index (κ1) is 15.9. The van der Waals surface area contributed by atoms with Crippen molar-refractivity contribution < 1.29 is 4.39 Å². The van der Waals surface area contributed by atoms with E-state index < -0.39 is 0 Å². The van der Waals surface area contributed by atoms with E-state index in [1.165, 1.54) is 38.2 Å². The van der Waals surface area contributed by atoms with Gasteiger partial charge in [0.05, 0.1) is 0 Å². The Morgan fingerprint density at radius 1 is 1.21 bits per heavy atom. The highest BCUT2D eigenvalue weighted by Gasteiger charge is 2.05. The molecule has 0 fully saturated rings. The van der Waals surface area contributed by atoms with E-state index in [2.05, 4.69) is 12.2 Å². The molecule has 0 saturated heterocycles. The minimum absolute atomic E-state index is 0.0972. The van der Waals surface area contributed by atoms with E-state index in [1.807, 2.05) is 6.07 Å². The van der Waals surface area contributed by atoms with E-state index in [-0.39, 0.29) is 10.8 Å². The Labute approximate surface area is 120 Å². The average Bonchev–Trinajstić information content (AvgIpc) is 2.37. The molecule has 0 spiro atoms. The Morgan fingerprint density at radius 2 is 1.89 bits per heavy atom. The van der Waals surface area contributed by atoms with Crippen molar-refractivity contribution >= 4 is 22.9 Å². The molecular weight excluding hydrogens is 259 g/mol. The second-order valence-corrected chi connectivity index (χ2v) is 5.19. The standard InChI is InChI=1S/C15H23FN2S/c1-2-3-4-5-6-7-10-18-12-8-9-13(15(17)19)14(16)11-12/h8-9,11,18H,2-7,10H2,1H3,(H2,17,19). The quantitative estimate of drug-likeness (QED) is 0.526. The molecule has 0 unspecified atom stereocenters. The van der Waals surface area contributed by atoms with Gasteiger partial charge in [-0.05, 0) is 24.6 Å². The molecule has 1 aromatic rings. The first-order valence-corrected chi connectivity index (χ1v) is 7.39. The van der Waals surface area contributed by atoms with Crippen LogP contribution in [-0.2, 0) is 0 Å². The summed E-state index contributed by atoms with van der Waals surface area (Å²) in [5.74, 6) is -0.361. The third kappa shape index (κ3) is 6.01. The van der Waals surface area contributed by atoms with Gasteiger partial charge >= 0.3 is 0 Å². The van der Waals surface area contributed by atoms with Crippen LogP contribution in [0.15, 0.2) is 18.2 Å². The van der Waals surface area contributed by atoms with Gasteiger partial charge in [0.2, 0.25) is 0 Å². The fourth-order valence-electron chi connectivity index (χ4n) is 1.96. The summed E-state index contributed by atoms with van der Waals surface area (Å²) < 4.78 is 13.6. The lowest BCUT2D eigenvalue weighted by Crippen LogP contribution is -2.12. The Hall–Kier alpha value is -1.16. The van der Waals surface area contributed by atoms with Gasteiger partial charge in [-0.2, -0.15) is 0 Å². The molecule has 0 heterocycles. The summed E-state index contributed by atoms with van der Waals surface area (Å²) >= 11 is 4.77. The minimum atomic E-state index is -0.361. The van der Waals surface area contributed by atoms with Gasteiger partial charge in [0.1, 0.15) is 10.8 Å². The van der Waals surface area contributed by atoms with Gasteiger partial charge in [-0.25, -0.2) is 4.39 Å². The lowest BCUT2D eigenvalue weighted by molar-refractivity contribution is 0.616. The monoisotopic (exact) mass is 282 g/mol. The van der Waals surface area contributed by atoms with Crippen molar-refractivity contribution in [3.63, 3.8) is 0 Å². The maximum atomic E-state index is 13.6. The molecule has 0 saturated carbocycles. The third-order valence-electron chi connectivity index (χ3n) is 3.09. The molecule has 0 amide bonds. The van der Waals surface area contributed by atoms with E-state index in [9.17, 15) is 4.39 Å². The SMILES string of the molecule is CCCCCCCCNc1ccc(C(N)=S)c(F)c1. The van der Waals surface area contributed by atoms with Gasteiger partial charge in [-0.1, -0.05) is 51.2 Å². The van der Waals surface area contributed by atoms with E-state index in [0.29, 0.717) is 5.56 Å². The average molecular weight is 282 g/mol. The number of benzene rings is 1. The predicted molar refractivity (Wildman–Crippen MR) is 84.2 cm³/mol. The van der Waals surface area contributed by atoms with E-state index in [1.54, 1.807) is 6.07 Å². The molecule has 1 aromatic carbocycles.